The van der Waals surface area contributed by atoms with Crippen LogP contribution in [-0.4, -0.2) is 171 Å². The molecule has 7 aliphatic heterocycles. The molecule has 1 spiro atoms. The number of aliphatic hydroxyl groups is 2. The third kappa shape index (κ3) is 10.8. The van der Waals surface area contributed by atoms with E-state index in [-0.39, 0.29) is 166 Å². The Labute approximate surface area is 470 Å². The molecule has 0 saturated carbocycles. The van der Waals surface area contributed by atoms with E-state index in [0.717, 1.165) is 19.3 Å². The van der Waals surface area contributed by atoms with Gasteiger partial charge in [-0.15, -0.1) is 0 Å². The predicted molar refractivity (Wildman–Crippen MR) is 237 cm³/mol. The Balaban J connectivity index is 0.00000432. The van der Waals surface area contributed by atoms with Crippen molar-refractivity contribution in [2.45, 2.75) is 235 Å². The van der Waals surface area contributed by atoms with E-state index in [4.69, 9.17) is 61.6 Å². The Morgan fingerprint density at radius 2 is 1.34 bits per heavy atom. The van der Waals surface area contributed by atoms with E-state index in [9.17, 15) is 20.1 Å². The number of hydrogen-bond donors (Lipinski definition) is 3. The van der Waals surface area contributed by atoms with Crippen LogP contribution in [0.5, 0.6) is 0 Å². The fourth-order valence-electron chi connectivity index (χ4n) is 13.5. The van der Waals surface area contributed by atoms with Gasteiger partial charge in [-0.2, -0.15) is 0 Å². The Kier molecular flexibility index (Phi) is 20.8. The summed E-state index contributed by atoms with van der Waals surface area (Å²) in [4.78, 5) is 12.6. The van der Waals surface area contributed by atoms with E-state index in [2.05, 4.69) is 27.7 Å². The predicted octanol–water partition coefficient (Wildman–Crippen LogP) is -0.775. The minimum Gasteiger partial charge on any atom is -0.481 e. The molecule has 0 aromatic rings. The van der Waals surface area contributed by atoms with Gasteiger partial charge in [0, 0.05) is 84.4 Å². The summed E-state index contributed by atoms with van der Waals surface area (Å²) in [6.45, 7) is 19.0. The fraction of sp³-hybridized carbons (Fsp3) is 0.980. The van der Waals surface area contributed by atoms with E-state index < -0.39 is 77.1 Å². The fourth-order valence-corrected chi connectivity index (χ4v) is 13.5. The van der Waals surface area contributed by atoms with Crippen molar-refractivity contribution in [2.24, 2.45) is 35.5 Å². The van der Waals surface area contributed by atoms with Crippen molar-refractivity contribution < 1.29 is 163 Å². The van der Waals surface area contributed by atoms with E-state index in [1.807, 2.05) is 20.8 Å². The van der Waals surface area contributed by atoms with Crippen molar-refractivity contribution in [1.29, 1.82) is 0 Å². The average Bonchev–Trinajstić information content (AvgIpc) is 4.02. The molecule has 3 N–H and O–H groups in total. The molecule has 0 aliphatic carbocycles. The van der Waals surface area contributed by atoms with Gasteiger partial charge in [0.2, 0.25) is 0 Å². The molecule has 7 rings (SSSR count). The van der Waals surface area contributed by atoms with Gasteiger partial charge >= 0.3 is 86.9 Å². The van der Waals surface area contributed by atoms with Crippen molar-refractivity contribution in [2.75, 3.05) is 35.5 Å². The van der Waals surface area contributed by atoms with Gasteiger partial charge in [-0.1, -0.05) is 34.6 Å². The zero-order valence-corrected chi connectivity index (χ0v) is 49.4. The second-order valence-electron chi connectivity index (χ2n) is 21.5. The summed E-state index contributed by atoms with van der Waals surface area (Å²) in [5.74, 6) is -8.79. The topological polar surface area (TPSA) is 198 Å². The van der Waals surface area contributed by atoms with Crippen molar-refractivity contribution in [3.05, 3.63) is 0 Å². The first-order valence-electron chi connectivity index (χ1n) is 24.7. The summed E-state index contributed by atoms with van der Waals surface area (Å²) in [6, 6.07) is 0. The normalized spacial score (nSPS) is 52.3. The third-order valence-corrected chi connectivity index (χ3v) is 17.9. The molecule has 25 atom stereocenters. The van der Waals surface area contributed by atoms with Crippen molar-refractivity contribution in [3.8, 4) is 0 Å². The molecule has 0 aromatic carbocycles. The molecule has 7 aliphatic rings. The molecule has 7 saturated heterocycles. The molecule has 0 aromatic heterocycles. The standard InChI is InChI=1S/C49H84O17.K.Na/c1-24-40(56-13)26(3)47(10,52)65-41(24)35-17-16-33(60-35)34-18-20-37(61-34)46(9)42(57-14)28(5)49(66-46)25(2)36(55-12)22-31(63-49)23-38-45(8,58-15)43(27(4)48(53,64-38)29(6)44(50)51)62-39-21-19-32(54-11)30(7)59-39;;/h24-43,52-53H,16-23H2,1-15H3,(H,50,51);;/q;2*+1. The van der Waals surface area contributed by atoms with Crippen molar-refractivity contribution >= 4 is 5.97 Å². The molecule has 0 amide bonds. The maximum atomic E-state index is 12.6. The first kappa shape index (κ1) is 60.4. The van der Waals surface area contributed by atoms with Crippen LogP contribution in [0.2, 0.25) is 0 Å². The number of carboxylic acids is 1. The molecule has 19 heteroatoms. The molecule has 68 heavy (non-hydrogen) atoms. The number of rotatable bonds is 14. The van der Waals surface area contributed by atoms with Crippen LogP contribution >= 0.6 is 0 Å². The number of ether oxygens (including phenoxy) is 13. The van der Waals surface area contributed by atoms with Crippen molar-refractivity contribution in [3.63, 3.8) is 0 Å². The largest absolute Gasteiger partial charge is 1.00 e. The van der Waals surface area contributed by atoms with Crippen LogP contribution in [0.1, 0.15) is 121 Å². The molecule has 0 bridgehead atoms. The van der Waals surface area contributed by atoms with Crippen LogP contribution < -0.4 is 80.9 Å². The number of carbonyl (C=O) groups is 1. The van der Waals surface area contributed by atoms with Crippen LogP contribution in [0.3, 0.4) is 0 Å². The number of hydrogen-bond acceptors (Lipinski definition) is 16. The van der Waals surface area contributed by atoms with Crippen molar-refractivity contribution in [1.82, 2.24) is 0 Å². The monoisotopic (exact) mass is 1010 g/mol. The summed E-state index contributed by atoms with van der Waals surface area (Å²) >= 11 is 0. The molecular weight excluding hydrogens is 923 g/mol. The third-order valence-electron chi connectivity index (χ3n) is 17.9. The molecule has 25 unspecified atom stereocenters. The second kappa shape index (κ2) is 23.4. The van der Waals surface area contributed by atoms with Gasteiger partial charge in [0.15, 0.2) is 23.7 Å². The number of carboxylic acid groups (broad SMARTS) is 1. The molecule has 7 fully saturated rings. The quantitative estimate of drug-likeness (QED) is 0.183. The Morgan fingerprint density at radius 1 is 0.706 bits per heavy atom. The molecule has 17 nitrogen and oxygen atoms in total. The Morgan fingerprint density at radius 3 is 1.93 bits per heavy atom. The van der Waals surface area contributed by atoms with E-state index in [1.165, 1.54) is 6.92 Å². The minimum atomic E-state index is -2.14. The molecule has 7 heterocycles. The van der Waals surface area contributed by atoms with E-state index in [0.29, 0.717) is 25.7 Å². The van der Waals surface area contributed by atoms with Gasteiger partial charge in [-0.25, -0.2) is 0 Å². The van der Waals surface area contributed by atoms with E-state index in [1.54, 1.807) is 49.4 Å². The van der Waals surface area contributed by atoms with Crippen LogP contribution in [0.4, 0.5) is 0 Å². The van der Waals surface area contributed by atoms with Gasteiger partial charge < -0.3 is 76.9 Å². The summed E-state index contributed by atoms with van der Waals surface area (Å²) < 4.78 is 84.8. The second-order valence-corrected chi connectivity index (χ2v) is 21.5. The molecule has 382 valence electrons. The van der Waals surface area contributed by atoms with Crippen LogP contribution in [0.15, 0.2) is 0 Å². The smallest absolute Gasteiger partial charge is 0.481 e. The number of aliphatic carboxylic acids is 1. The molecule has 0 radical (unpaired) electrons. The maximum Gasteiger partial charge on any atom is 1.00 e. The summed E-state index contributed by atoms with van der Waals surface area (Å²) in [7, 11) is 8.31. The molecular formula is C49H84KNaO17+2. The van der Waals surface area contributed by atoms with Crippen LogP contribution in [0.25, 0.3) is 0 Å². The van der Waals surface area contributed by atoms with Gasteiger partial charge in [0.05, 0.1) is 79.4 Å². The first-order valence-corrected chi connectivity index (χ1v) is 24.7. The summed E-state index contributed by atoms with van der Waals surface area (Å²) in [6.07, 6.45) is -0.571. The van der Waals surface area contributed by atoms with Gasteiger partial charge in [0.25, 0.3) is 0 Å². The maximum absolute atomic E-state index is 12.6. The Bertz CT molecular complexity index is 1670. The van der Waals surface area contributed by atoms with Crippen LogP contribution in [0, 0.1) is 35.5 Å². The zero-order chi connectivity index (χ0) is 48.5. The Hall–Kier alpha value is 1.51. The SMILES string of the molecule is COC1CCC(OC2C(C)C(O)(C(C)C(=O)O)OC(CC3CC(OC)C(C)C4(O3)OC(C)(C3CCC(C5CCC(C6OC(C)(O)C(C)C(OC)C6C)O5)O3)C(OC)C4C)C2(C)OC)OC1C.[K+].[Na+]. The van der Waals surface area contributed by atoms with Gasteiger partial charge in [-0.05, 0) is 66.7 Å². The van der Waals surface area contributed by atoms with Crippen LogP contribution in [-0.2, 0) is 66.4 Å². The zero-order valence-electron chi connectivity index (χ0n) is 44.3. The van der Waals surface area contributed by atoms with Gasteiger partial charge in [0.1, 0.15) is 17.1 Å². The average molecular weight is 1010 g/mol. The van der Waals surface area contributed by atoms with E-state index >= 15 is 0 Å². The summed E-state index contributed by atoms with van der Waals surface area (Å²) in [5, 5.41) is 33.9. The summed E-state index contributed by atoms with van der Waals surface area (Å²) in [5.41, 5.74) is -2.14. The minimum absolute atomic E-state index is 0. The number of methoxy groups -OCH3 is 5. The first-order chi connectivity index (χ1) is 31.0. The van der Waals surface area contributed by atoms with Gasteiger partial charge in [-0.3, -0.25) is 4.79 Å².